The number of aliphatic hydroxyl groups excluding tert-OH is 1. The summed E-state index contributed by atoms with van der Waals surface area (Å²) in [4.78, 5) is 4.31. The predicted octanol–water partition coefficient (Wildman–Crippen LogP) is 2.57. The van der Waals surface area contributed by atoms with Gasteiger partial charge >= 0.3 is 0 Å². The van der Waals surface area contributed by atoms with E-state index in [0.717, 1.165) is 25.0 Å². The lowest BCUT2D eigenvalue weighted by Crippen LogP contribution is -2.24. The number of hydrogen-bond acceptors (Lipinski definition) is 2. The zero-order chi connectivity index (χ0) is 10.5. The third-order valence-corrected chi connectivity index (χ3v) is 3.37. The molecule has 0 saturated heterocycles. The molecule has 1 saturated carbocycles. The third kappa shape index (κ3) is 3.03. The highest BCUT2D eigenvalue weighted by Gasteiger charge is 2.22. The molecule has 1 aromatic heterocycles. The Morgan fingerprint density at radius 2 is 2.13 bits per heavy atom. The monoisotopic (exact) mass is 205 g/mol. The zero-order valence-electron chi connectivity index (χ0n) is 9.10. The van der Waals surface area contributed by atoms with Gasteiger partial charge < -0.3 is 5.11 Å². The first-order valence-corrected chi connectivity index (χ1v) is 5.94. The highest BCUT2D eigenvalue weighted by molar-refractivity contribution is 5.03. The maximum absolute atomic E-state index is 9.83. The van der Waals surface area contributed by atoms with Crippen LogP contribution in [0.3, 0.4) is 0 Å². The summed E-state index contributed by atoms with van der Waals surface area (Å²) in [5, 5.41) is 9.83. The van der Waals surface area contributed by atoms with Crippen LogP contribution in [-0.4, -0.2) is 16.2 Å². The molecule has 1 fully saturated rings. The Labute approximate surface area is 91.4 Å². The molecule has 82 valence electrons. The maximum Gasteiger partial charge on any atom is 0.0568 e. The maximum atomic E-state index is 9.83. The summed E-state index contributed by atoms with van der Waals surface area (Å²) in [7, 11) is 0. The van der Waals surface area contributed by atoms with Crippen molar-refractivity contribution in [1.82, 2.24) is 4.98 Å². The first-order chi connectivity index (χ1) is 7.36. The number of rotatable bonds is 3. The number of pyridine rings is 1. The molecule has 0 amide bonds. The van der Waals surface area contributed by atoms with Crippen molar-refractivity contribution in [3.05, 3.63) is 30.1 Å². The second-order valence-corrected chi connectivity index (χ2v) is 4.47. The molecule has 2 nitrogen and oxygen atoms in total. The van der Waals surface area contributed by atoms with Crippen molar-refractivity contribution >= 4 is 0 Å². The minimum atomic E-state index is -0.0672. The number of aromatic nitrogens is 1. The summed E-state index contributed by atoms with van der Waals surface area (Å²) in [6.07, 6.45) is 8.52. The molecule has 0 bridgehead atoms. The van der Waals surface area contributed by atoms with E-state index >= 15 is 0 Å². The summed E-state index contributed by atoms with van der Waals surface area (Å²) in [6.45, 7) is 0. The molecule has 1 aliphatic rings. The van der Waals surface area contributed by atoms with E-state index < -0.39 is 0 Å². The van der Waals surface area contributed by atoms with E-state index in [9.17, 15) is 5.11 Å². The van der Waals surface area contributed by atoms with Crippen molar-refractivity contribution in [2.45, 2.75) is 44.6 Å². The van der Waals surface area contributed by atoms with Crippen LogP contribution in [0.2, 0.25) is 0 Å². The van der Waals surface area contributed by atoms with Crippen LogP contribution in [0.1, 0.15) is 37.8 Å². The predicted molar refractivity (Wildman–Crippen MR) is 60.5 cm³/mol. The van der Waals surface area contributed by atoms with E-state index in [2.05, 4.69) is 11.1 Å². The van der Waals surface area contributed by atoms with Crippen LogP contribution < -0.4 is 0 Å². The lowest BCUT2D eigenvalue weighted by atomic mass is 9.83. The molecule has 0 aromatic carbocycles. The summed E-state index contributed by atoms with van der Waals surface area (Å²) < 4.78 is 0. The summed E-state index contributed by atoms with van der Waals surface area (Å²) in [6, 6.07) is 6.04. The molecule has 1 heterocycles. The van der Waals surface area contributed by atoms with Gasteiger partial charge in [-0.3, -0.25) is 4.98 Å². The molecular formula is C13H19NO. The van der Waals surface area contributed by atoms with Crippen LogP contribution in [0, 0.1) is 5.92 Å². The topological polar surface area (TPSA) is 33.1 Å². The molecule has 15 heavy (non-hydrogen) atoms. The summed E-state index contributed by atoms with van der Waals surface area (Å²) in [5.41, 5.74) is 1.15. The largest absolute Gasteiger partial charge is 0.393 e. The first kappa shape index (κ1) is 10.6. The number of nitrogens with zero attached hydrogens (tertiary/aromatic N) is 1. The Hall–Kier alpha value is -0.890. The van der Waals surface area contributed by atoms with Crippen molar-refractivity contribution in [1.29, 1.82) is 0 Å². The molecule has 1 aromatic rings. The highest BCUT2D eigenvalue weighted by atomic mass is 16.3. The highest BCUT2D eigenvalue weighted by Crippen LogP contribution is 2.27. The van der Waals surface area contributed by atoms with Gasteiger partial charge in [0.15, 0.2) is 0 Å². The summed E-state index contributed by atoms with van der Waals surface area (Å²) in [5.74, 6) is 0.501. The average molecular weight is 205 g/mol. The van der Waals surface area contributed by atoms with Crippen molar-refractivity contribution in [2.24, 2.45) is 5.92 Å². The Kier molecular flexibility index (Phi) is 3.73. The Balaban J connectivity index is 1.82. The molecule has 0 radical (unpaired) electrons. The normalized spacial score (nSPS) is 26.5. The summed E-state index contributed by atoms with van der Waals surface area (Å²) >= 11 is 0. The van der Waals surface area contributed by atoms with Crippen LogP contribution >= 0.6 is 0 Å². The number of hydrogen-bond donors (Lipinski definition) is 1. The van der Waals surface area contributed by atoms with Crippen LogP contribution in [0.15, 0.2) is 24.4 Å². The Morgan fingerprint density at radius 1 is 1.27 bits per heavy atom. The Bertz CT molecular complexity index is 286. The first-order valence-electron chi connectivity index (χ1n) is 5.94. The van der Waals surface area contributed by atoms with Crippen LogP contribution in [0.25, 0.3) is 0 Å². The van der Waals surface area contributed by atoms with Crippen LogP contribution in [0.5, 0.6) is 0 Å². The van der Waals surface area contributed by atoms with Gasteiger partial charge in [-0.2, -0.15) is 0 Å². The lowest BCUT2D eigenvalue weighted by Gasteiger charge is -2.27. The van der Waals surface area contributed by atoms with Gasteiger partial charge in [0.1, 0.15) is 0 Å². The van der Waals surface area contributed by atoms with E-state index in [1.54, 1.807) is 0 Å². The van der Waals surface area contributed by atoms with Gasteiger partial charge in [-0.25, -0.2) is 0 Å². The lowest BCUT2D eigenvalue weighted by molar-refractivity contribution is 0.0654. The SMILES string of the molecule is OC1CCCCC1CCc1ccccn1. The second-order valence-electron chi connectivity index (χ2n) is 4.47. The molecule has 1 aliphatic carbocycles. The second kappa shape index (κ2) is 5.26. The van der Waals surface area contributed by atoms with Crippen molar-refractivity contribution in [2.75, 3.05) is 0 Å². The van der Waals surface area contributed by atoms with Gasteiger partial charge in [0.25, 0.3) is 0 Å². The van der Waals surface area contributed by atoms with E-state index in [1.807, 2.05) is 18.3 Å². The fraction of sp³-hybridized carbons (Fsp3) is 0.615. The fourth-order valence-corrected chi connectivity index (χ4v) is 2.40. The average Bonchev–Trinajstić information content (AvgIpc) is 2.29. The molecule has 2 heteroatoms. The van der Waals surface area contributed by atoms with Crippen LogP contribution in [-0.2, 0) is 6.42 Å². The molecule has 2 atom stereocenters. The number of aliphatic hydroxyl groups is 1. The minimum absolute atomic E-state index is 0.0672. The van der Waals surface area contributed by atoms with Crippen molar-refractivity contribution < 1.29 is 5.11 Å². The smallest absolute Gasteiger partial charge is 0.0568 e. The van der Waals surface area contributed by atoms with Gasteiger partial charge in [0.2, 0.25) is 0 Å². The number of aryl methyl sites for hydroxylation is 1. The van der Waals surface area contributed by atoms with E-state index in [-0.39, 0.29) is 6.10 Å². The van der Waals surface area contributed by atoms with Crippen molar-refractivity contribution in [3.63, 3.8) is 0 Å². The van der Waals surface area contributed by atoms with E-state index in [4.69, 9.17) is 0 Å². The molecular weight excluding hydrogens is 186 g/mol. The van der Waals surface area contributed by atoms with Gasteiger partial charge in [-0.15, -0.1) is 0 Å². The van der Waals surface area contributed by atoms with Gasteiger partial charge in [0, 0.05) is 11.9 Å². The Morgan fingerprint density at radius 3 is 2.87 bits per heavy atom. The molecule has 1 N–H and O–H groups in total. The van der Waals surface area contributed by atoms with Gasteiger partial charge in [0.05, 0.1) is 6.10 Å². The van der Waals surface area contributed by atoms with Gasteiger partial charge in [-0.1, -0.05) is 18.9 Å². The van der Waals surface area contributed by atoms with Crippen LogP contribution in [0.4, 0.5) is 0 Å². The van der Waals surface area contributed by atoms with E-state index in [0.29, 0.717) is 5.92 Å². The molecule has 2 rings (SSSR count). The van der Waals surface area contributed by atoms with E-state index in [1.165, 1.54) is 19.3 Å². The molecule has 2 unspecified atom stereocenters. The molecule has 0 aliphatic heterocycles. The fourth-order valence-electron chi connectivity index (χ4n) is 2.40. The van der Waals surface area contributed by atoms with Gasteiger partial charge in [-0.05, 0) is 43.7 Å². The third-order valence-electron chi connectivity index (χ3n) is 3.37. The standard InChI is InChI=1S/C13H19NO/c15-13-7-2-1-5-11(13)8-9-12-6-3-4-10-14-12/h3-4,6,10-11,13,15H,1-2,5,7-9H2. The zero-order valence-corrected chi connectivity index (χ0v) is 9.10. The minimum Gasteiger partial charge on any atom is -0.393 e. The van der Waals surface area contributed by atoms with Crippen molar-refractivity contribution in [3.8, 4) is 0 Å². The molecule has 0 spiro atoms. The quantitative estimate of drug-likeness (QED) is 0.822.